The monoisotopic (exact) mass is 489 g/mol. The van der Waals surface area contributed by atoms with Crippen LogP contribution >= 0.6 is 24.0 Å². The topological polar surface area (TPSA) is 52.1 Å². The summed E-state index contributed by atoms with van der Waals surface area (Å²) in [6.07, 6.45) is 0. The molecule has 2 N–H and O–H groups in total. The Balaban J connectivity index is 0.00000364. The predicted molar refractivity (Wildman–Crippen MR) is 126 cm³/mol. The Bertz CT molecular complexity index is 563. The van der Waals surface area contributed by atoms with Crippen molar-refractivity contribution < 1.29 is 4.74 Å². The van der Waals surface area contributed by atoms with Gasteiger partial charge in [-0.15, -0.1) is 24.0 Å². The molecule has 6 nitrogen and oxygen atoms in total. The van der Waals surface area contributed by atoms with Gasteiger partial charge in [0.1, 0.15) is 5.75 Å². The second-order valence-corrected chi connectivity index (χ2v) is 7.58. The smallest absolute Gasteiger partial charge is 0.194 e. The number of aliphatic imine (C=N–C) groups is 1. The van der Waals surface area contributed by atoms with Crippen LogP contribution in [-0.4, -0.2) is 69.3 Å². The number of nitrogens with one attached hydrogen (secondary N) is 2. The van der Waals surface area contributed by atoms with Gasteiger partial charge in [-0.2, -0.15) is 0 Å². The van der Waals surface area contributed by atoms with E-state index in [2.05, 4.69) is 60.3 Å². The highest BCUT2D eigenvalue weighted by Crippen LogP contribution is 2.20. The molecule has 0 unspecified atom stereocenters. The number of hydrogen-bond donors (Lipinski definition) is 2. The number of nitrogens with zero attached hydrogens (tertiary/aromatic N) is 3. The molecule has 0 radical (unpaired) electrons. The summed E-state index contributed by atoms with van der Waals surface area (Å²) in [4.78, 5) is 9.57. The molecule has 0 aliphatic carbocycles. The molecule has 1 heterocycles. The summed E-state index contributed by atoms with van der Waals surface area (Å²) in [5.41, 5.74) is 1.39. The molecule has 7 heteroatoms. The minimum Gasteiger partial charge on any atom is -0.497 e. The number of hydrogen-bond acceptors (Lipinski definition) is 4. The summed E-state index contributed by atoms with van der Waals surface area (Å²) in [6, 6.07) is 8.31. The van der Waals surface area contributed by atoms with Gasteiger partial charge in [-0.3, -0.25) is 4.99 Å². The van der Waals surface area contributed by atoms with E-state index in [0.29, 0.717) is 0 Å². The number of anilines is 1. The summed E-state index contributed by atoms with van der Waals surface area (Å²) in [5, 5.41) is 6.92. The normalized spacial score (nSPS) is 15.4. The van der Waals surface area contributed by atoms with Crippen LogP contribution in [-0.2, 0) is 0 Å². The minimum atomic E-state index is 0. The fourth-order valence-corrected chi connectivity index (χ4v) is 2.99. The number of rotatable bonds is 6. The van der Waals surface area contributed by atoms with E-state index >= 15 is 0 Å². The first kappa shape index (κ1) is 23.8. The van der Waals surface area contributed by atoms with E-state index in [0.717, 1.165) is 57.5 Å². The fraction of sp³-hybridized carbons (Fsp3) is 0.650. The van der Waals surface area contributed by atoms with Crippen molar-refractivity contribution in [1.82, 2.24) is 15.5 Å². The number of halogens is 1. The summed E-state index contributed by atoms with van der Waals surface area (Å²) in [5.74, 6) is 1.93. The molecule has 0 atom stereocenters. The molecule has 1 aliphatic rings. The van der Waals surface area contributed by atoms with Crippen molar-refractivity contribution in [2.24, 2.45) is 4.99 Å². The lowest BCUT2D eigenvalue weighted by Gasteiger charge is -2.37. The van der Waals surface area contributed by atoms with E-state index in [4.69, 9.17) is 9.73 Å². The van der Waals surface area contributed by atoms with Crippen molar-refractivity contribution in [2.75, 3.05) is 57.8 Å². The van der Waals surface area contributed by atoms with Gasteiger partial charge in [0, 0.05) is 50.5 Å². The van der Waals surface area contributed by atoms with Crippen LogP contribution in [0.15, 0.2) is 29.3 Å². The van der Waals surface area contributed by atoms with Gasteiger partial charge in [0.15, 0.2) is 5.96 Å². The second-order valence-electron chi connectivity index (χ2n) is 7.58. The molecule has 1 aromatic carbocycles. The number of guanidine groups is 1. The third kappa shape index (κ3) is 8.13. The largest absolute Gasteiger partial charge is 0.497 e. The maximum Gasteiger partial charge on any atom is 0.194 e. The van der Waals surface area contributed by atoms with Crippen LogP contribution in [0, 0.1) is 0 Å². The number of ether oxygens (including phenoxy) is 1. The third-order valence-electron chi connectivity index (χ3n) is 4.38. The Morgan fingerprint density at radius 2 is 1.74 bits per heavy atom. The maximum absolute atomic E-state index is 5.24. The summed E-state index contributed by atoms with van der Waals surface area (Å²) in [7, 11) is 1.70. The molecule has 0 amide bonds. The van der Waals surface area contributed by atoms with Crippen molar-refractivity contribution >= 4 is 35.6 Å². The molecular weight excluding hydrogens is 453 g/mol. The molecule has 154 valence electrons. The minimum absolute atomic E-state index is 0. The number of piperazine rings is 1. The molecule has 0 spiro atoms. The molecule has 1 aromatic rings. The van der Waals surface area contributed by atoms with Gasteiger partial charge < -0.3 is 25.2 Å². The Hall–Kier alpha value is -1.22. The van der Waals surface area contributed by atoms with Crippen LogP contribution < -0.4 is 20.3 Å². The van der Waals surface area contributed by atoms with Crippen molar-refractivity contribution in [1.29, 1.82) is 0 Å². The molecule has 27 heavy (non-hydrogen) atoms. The van der Waals surface area contributed by atoms with Gasteiger partial charge in [0.2, 0.25) is 0 Å². The lowest BCUT2D eigenvalue weighted by Crippen LogP contribution is -2.52. The van der Waals surface area contributed by atoms with Crippen LogP contribution in [0.5, 0.6) is 5.75 Å². The molecule has 0 bridgehead atoms. The van der Waals surface area contributed by atoms with Crippen LogP contribution in [0.25, 0.3) is 0 Å². The van der Waals surface area contributed by atoms with Crippen LogP contribution in [0.1, 0.15) is 27.7 Å². The third-order valence-corrected chi connectivity index (χ3v) is 4.38. The van der Waals surface area contributed by atoms with Gasteiger partial charge in [-0.25, -0.2) is 0 Å². The first-order chi connectivity index (χ1) is 12.4. The van der Waals surface area contributed by atoms with Gasteiger partial charge in [-0.1, -0.05) is 0 Å². The second kappa shape index (κ2) is 11.6. The Labute approximate surface area is 181 Å². The van der Waals surface area contributed by atoms with E-state index in [1.807, 2.05) is 12.1 Å². The van der Waals surface area contributed by atoms with Gasteiger partial charge in [0.25, 0.3) is 0 Å². The Morgan fingerprint density at radius 1 is 1.11 bits per heavy atom. The van der Waals surface area contributed by atoms with E-state index < -0.39 is 0 Å². The zero-order valence-electron chi connectivity index (χ0n) is 17.4. The fourth-order valence-electron chi connectivity index (χ4n) is 2.99. The highest BCUT2D eigenvalue weighted by molar-refractivity contribution is 14.0. The van der Waals surface area contributed by atoms with E-state index in [1.54, 1.807) is 7.11 Å². The molecule has 1 saturated heterocycles. The Morgan fingerprint density at radius 3 is 2.26 bits per heavy atom. The van der Waals surface area contributed by atoms with Crippen molar-refractivity contribution in [3.63, 3.8) is 0 Å². The number of methoxy groups -OCH3 is 1. The van der Waals surface area contributed by atoms with Crippen LogP contribution in [0.2, 0.25) is 0 Å². The molecule has 2 rings (SSSR count). The van der Waals surface area contributed by atoms with Gasteiger partial charge in [-0.05, 0) is 52.0 Å². The zero-order chi connectivity index (χ0) is 19.0. The molecule has 0 saturated carbocycles. The number of benzene rings is 1. The van der Waals surface area contributed by atoms with E-state index in [-0.39, 0.29) is 29.5 Å². The lowest BCUT2D eigenvalue weighted by molar-refractivity contribution is 0.371. The molecule has 1 fully saturated rings. The van der Waals surface area contributed by atoms with Crippen molar-refractivity contribution in [2.45, 2.75) is 33.2 Å². The highest BCUT2D eigenvalue weighted by Gasteiger charge is 2.20. The molecule has 0 aromatic heterocycles. The van der Waals surface area contributed by atoms with Crippen molar-refractivity contribution in [3.05, 3.63) is 24.3 Å². The maximum atomic E-state index is 5.24. The van der Waals surface area contributed by atoms with Crippen LogP contribution in [0.3, 0.4) is 0 Å². The predicted octanol–water partition coefficient (Wildman–Crippen LogP) is 2.79. The first-order valence-corrected chi connectivity index (χ1v) is 9.60. The molecule has 1 aliphatic heterocycles. The van der Waals surface area contributed by atoms with E-state index in [9.17, 15) is 0 Å². The standard InChI is InChI=1S/C20H35N5O.HI/c1-6-21-19(22-11-12-23-20(2,3)4)25-15-13-24(14-16-25)17-7-9-18(26-5)10-8-17;/h7-10,23H,6,11-16H2,1-5H3,(H,21,22);1H. The Kier molecular flexibility index (Phi) is 10.2. The average molecular weight is 489 g/mol. The first-order valence-electron chi connectivity index (χ1n) is 9.60. The highest BCUT2D eigenvalue weighted by atomic mass is 127. The summed E-state index contributed by atoms with van der Waals surface area (Å²) >= 11 is 0. The van der Waals surface area contributed by atoms with Crippen LogP contribution in [0.4, 0.5) is 5.69 Å². The van der Waals surface area contributed by atoms with Crippen molar-refractivity contribution in [3.8, 4) is 5.75 Å². The summed E-state index contributed by atoms with van der Waals surface area (Å²) in [6.45, 7) is 15.2. The lowest BCUT2D eigenvalue weighted by atomic mass is 10.1. The van der Waals surface area contributed by atoms with Gasteiger partial charge >= 0.3 is 0 Å². The van der Waals surface area contributed by atoms with E-state index in [1.165, 1.54) is 5.69 Å². The quantitative estimate of drug-likeness (QED) is 0.279. The SMILES string of the molecule is CCNC(=NCCNC(C)(C)C)N1CCN(c2ccc(OC)cc2)CC1.I. The summed E-state index contributed by atoms with van der Waals surface area (Å²) < 4.78 is 5.24. The van der Waals surface area contributed by atoms with Gasteiger partial charge in [0.05, 0.1) is 13.7 Å². The molecular formula is C20H36IN5O. The zero-order valence-corrected chi connectivity index (χ0v) is 19.7. The average Bonchev–Trinajstić information content (AvgIpc) is 2.64.